The molecule has 1 aromatic heterocycles. The zero-order valence-corrected chi connectivity index (χ0v) is 15.8. The van der Waals surface area contributed by atoms with Crippen molar-refractivity contribution in [2.75, 3.05) is 6.54 Å². The summed E-state index contributed by atoms with van der Waals surface area (Å²) in [5.74, 6) is -0.609. The number of nitrogens with two attached hydrogens (primary N) is 2. The van der Waals surface area contributed by atoms with Crippen LogP contribution in [0.4, 0.5) is 0 Å². The molecule has 1 aliphatic rings. The number of hydrogen-bond donors (Lipinski definition) is 3. The lowest BCUT2D eigenvalue weighted by Crippen LogP contribution is -2.49. The molecule has 5 N–H and O–H groups in total. The van der Waals surface area contributed by atoms with E-state index >= 15 is 0 Å². The van der Waals surface area contributed by atoms with E-state index in [9.17, 15) is 9.59 Å². The van der Waals surface area contributed by atoms with Gasteiger partial charge in [-0.1, -0.05) is 40.0 Å². The summed E-state index contributed by atoms with van der Waals surface area (Å²) < 4.78 is 1.56. The molecule has 0 radical (unpaired) electrons. The molecule has 1 heterocycles. The van der Waals surface area contributed by atoms with Crippen LogP contribution in [0.15, 0.2) is 0 Å². The second-order valence-corrected chi connectivity index (χ2v) is 8.04. The number of amides is 2. The van der Waals surface area contributed by atoms with Gasteiger partial charge in [0, 0.05) is 31.0 Å². The van der Waals surface area contributed by atoms with Gasteiger partial charge in [0.2, 0.25) is 5.91 Å². The Balaban J connectivity index is 2.67. The maximum Gasteiger partial charge on any atom is 0.267 e. The third-order valence-corrected chi connectivity index (χ3v) is 4.93. The first-order chi connectivity index (χ1) is 11.6. The van der Waals surface area contributed by atoms with E-state index < -0.39 is 11.4 Å². The van der Waals surface area contributed by atoms with Gasteiger partial charge in [-0.3, -0.25) is 14.3 Å². The second kappa shape index (κ2) is 7.15. The molecular formula is C18H31N5O2. The normalized spacial score (nSPS) is 17.3. The van der Waals surface area contributed by atoms with E-state index in [0.717, 1.165) is 43.4 Å². The van der Waals surface area contributed by atoms with Crippen molar-refractivity contribution in [2.24, 2.45) is 18.5 Å². The van der Waals surface area contributed by atoms with Crippen LogP contribution in [0.1, 0.15) is 81.0 Å². The molecule has 7 heteroatoms. The van der Waals surface area contributed by atoms with Gasteiger partial charge in [-0.15, -0.1) is 0 Å². The quantitative estimate of drug-likeness (QED) is 0.746. The lowest BCUT2D eigenvalue weighted by atomic mass is 9.72. The van der Waals surface area contributed by atoms with E-state index in [-0.39, 0.29) is 17.7 Å². The highest BCUT2D eigenvalue weighted by molar-refractivity contribution is 5.93. The van der Waals surface area contributed by atoms with E-state index in [1.807, 2.05) is 0 Å². The van der Waals surface area contributed by atoms with E-state index in [4.69, 9.17) is 11.5 Å². The molecule has 1 aromatic rings. The van der Waals surface area contributed by atoms with Gasteiger partial charge < -0.3 is 16.8 Å². The fraction of sp³-hybridized carbons (Fsp3) is 0.722. The predicted octanol–water partition coefficient (Wildman–Crippen LogP) is 1.44. The number of carbonyl (C=O) groups excluding carboxylic acids is 2. The van der Waals surface area contributed by atoms with Gasteiger partial charge in [-0.05, 0) is 12.8 Å². The average Bonchev–Trinajstić information content (AvgIpc) is 2.87. The summed E-state index contributed by atoms with van der Waals surface area (Å²) in [5.41, 5.74) is 12.4. The van der Waals surface area contributed by atoms with Crippen molar-refractivity contribution >= 4 is 11.8 Å². The summed E-state index contributed by atoms with van der Waals surface area (Å²) in [6, 6.07) is 0. The Morgan fingerprint density at radius 3 is 2.32 bits per heavy atom. The third kappa shape index (κ3) is 3.86. The minimum absolute atomic E-state index is 0.0940. The van der Waals surface area contributed by atoms with Gasteiger partial charge >= 0.3 is 0 Å². The Morgan fingerprint density at radius 2 is 1.84 bits per heavy atom. The van der Waals surface area contributed by atoms with E-state index in [1.54, 1.807) is 11.7 Å². The molecule has 0 bridgehead atoms. The Kier molecular flexibility index (Phi) is 5.56. The third-order valence-electron chi connectivity index (χ3n) is 4.93. The van der Waals surface area contributed by atoms with Crippen LogP contribution in [0, 0.1) is 0 Å². The van der Waals surface area contributed by atoms with Crippen molar-refractivity contribution < 1.29 is 9.59 Å². The van der Waals surface area contributed by atoms with Gasteiger partial charge in [0.15, 0.2) is 0 Å². The largest absolute Gasteiger partial charge is 0.364 e. The molecule has 7 nitrogen and oxygen atoms in total. The average molecular weight is 349 g/mol. The molecule has 25 heavy (non-hydrogen) atoms. The van der Waals surface area contributed by atoms with Crippen molar-refractivity contribution in [3.05, 3.63) is 17.0 Å². The van der Waals surface area contributed by atoms with E-state index in [1.165, 1.54) is 0 Å². The maximum atomic E-state index is 12.4. The summed E-state index contributed by atoms with van der Waals surface area (Å²) in [7, 11) is 1.73. The highest BCUT2D eigenvalue weighted by atomic mass is 16.2. The fourth-order valence-electron chi connectivity index (χ4n) is 3.84. The van der Waals surface area contributed by atoms with Crippen molar-refractivity contribution in [3.63, 3.8) is 0 Å². The number of nitrogens with one attached hydrogen (secondary N) is 1. The van der Waals surface area contributed by atoms with Crippen molar-refractivity contribution in [3.8, 4) is 0 Å². The Bertz CT molecular complexity index is 651. The minimum Gasteiger partial charge on any atom is -0.364 e. The predicted molar refractivity (Wildman–Crippen MR) is 97.0 cm³/mol. The number of nitrogens with zero attached hydrogens (tertiary/aromatic N) is 2. The first-order valence-electron chi connectivity index (χ1n) is 9.01. The molecule has 0 aliphatic heterocycles. The van der Waals surface area contributed by atoms with Crippen molar-refractivity contribution in [2.45, 2.75) is 70.3 Å². The first kappa shape index (κ1) is 19.4. The molecule has 1 aliphatic carbocycles. The number of carbonyl (C=O) groups is 2. The maximum absolute atomic E-state index is 12.4. The molecule has 1 saturated carbocycles. The SMILES string of the molecule is Cn1nc(C(C)(C)C)c(C2(NC(=O)CCN)CCCCC2)c1C(N)=O. The molecule has 0 spiro atoms. The Hall–Kier alpha value is -1.89. The van der Waals surface area contributed by atoms with E-state index in [2.05, 4.69) is 31.2 Å². The zero-order valence-electron chi connectivity index (χ0n) is 15.8. The van der Waals surface area contributed by atoms with Gasteiger partial charge in [-0.25, -0.2) is 0 Å². The molecular weight excluding hydrogens is 318 g/mol. The van der Waals surface area contributed by atoms with Gasteiger partial charge in [0.25, 0.3) is 5.91 Å². The number of primary amides is 1. The molecule has 1 fully saturated rings. The summed E-state index contributed by atoms with van der Waals surface area (Å²) >= 11 is 0. The zero-order chi connectivity index (χ0) is 18.8. The van der Waals surface area contributed by atoms with Crippen LogP contribution < -0.4 is 16.8 Å². The van der Waals surface area contributed by atoms with Crippen LogP contribution in [0.2, 0.25) is 0 Å². The van der Waals surface area contributed by atoms with Crippen LogP contribution in [0.3, 0.4) is 0 Å². The van der Waals surface area contributed by atoms with Crippen molar-refractivity contribution in [1.82, 2.24) is 15.1 Å². The fourth-order valence-corrected chi connectivity index (χ4v) is 3.84. The summed E-state index contributed by atoms with van der Waals surface area (Å²) in [4.78, 5) is 24.6. The smallest absolute Gasteiger partial charge is 0.267 e. The molecule has 2 amide bonds. The summed E-state index contributed by atoms with van der Waals surface area (Å²) in [5, 5.41) is 7.81. The van der Waals surface area contributed by atoms with Gasteiger partial charge in [0.05, 0.1) is 11.2 Å². The standard InChI is InChI=1S/C18H31N5O2/c1-17(2,3)15-13(14(16(20)25)23(4)22-15)18(9-6-5-7-10-18)21-12(24)8-11-19/h5-11,19H2,1-4H3,(H2,20,25)(H,21,24). The Labute approximate surface area is 149 Å². The van der Waals surface area contributed by atoms with Crippen LogP contribution in [-0.4, -0.2) is 28.1 Å². The molecule has 0 unspecified atom stereocenters. The van der Waals surface area contributed by atoms with Crippen molar-refractivity contribution in [1.29, 1.82) is 0 Å². The first-order valence-corrected chi connectivity index (χ1v) is 9.01. The van der Waals surface area contributed by atoms with Crippen LogP contribution in [0.25, 0.3) is 0 Å². The molecule has 0 saturated heterocycles. The monoisotopic (exact) mass is 349 g/mol. The molecule has 0 atom stereocenters. The Morgan fingerprint density at radius 1 is 1.24 bits per heavy atom. The second-order valence-electron chi connectivity index (χ2n) is 8.04. The minimum atomic E-state index is -0.605. The van der Waals surface area contributed by atoms with Gasteiger partial charge in [0.1, 0.15) is 5.69 Å². The van der Waals surface area contributed by atoms with Crippen LogP contribution in [0.5, 0.6) is 0 Å². The number of rotatable bonds is 5. The lowest BCUT2D eigenvalue weighted by Gasteiger charge is -2.40. The topological polar surface area (TPSA) is 116 Å². The van der Waals surface area contributed by atoms with Crippen LogP contribution >= 0.6 is 0 Å². The highest BCUT2D eigenvalue weighted by Gasteiger charge is 2.44. The molecule has 140 valence electrons. The number of aromatic nitrogens is 2. The number of aryl methyl sites for hydroxylation is 1. The van der Waals surface area contributed by atoms with Crippen LogP contribution in [-0.2, 0) is 22.8 Å². The van der Waals surface area contributed by atoms with Gasteiger partial charge in [-0.2, -0.15) is 5.10 Å². The number of hydrogen-bond acceptors (Lipinski definition) is 4. The summed E-state index contributed by atoms with van der Waals surface area (Å²) in [6.45, 7) is 6.47. The van der Waals surface area contributed by atoms with E-state index in [0.29, 0.717) is 12.2 Å². The lowest BCUT2D eigenvalue weighted by molar-refractivity contribution is -0.123. The highest BCUT2D eigenvalue weighted by Crippen LogP contribution is 2.43. The summed E-state index contributed by atoms with van der Waals surface area (Å²) in [6.07, 6.45) is 4.90. The molecule has 2 rings (SSSR count). The molecule has 0 aromatic carbocycles.